The van der Waals surface area contributed by atoms with Gasteiger partial charge in [0.15, 0.2) is 0 Å². The topological polar surface area (TPSA) is 129 Å². The predicted molar refractivity (Wildman–Crippen MR) is 99.4 cm³/mol. The SMILES string of the molecule is C=CC(=O)OC(C)COC(=O)NCCCCNC(=O)OCC(C)OC(=O)C=C. The summed E-state index contributed by atoms with van der Waals surface area (Å²) in [5, 5.41) is 5.07. The third-order valence-corrected chi connectivity index (χ3v) is 3.01. The number of hydrogen-bond donors (Lipinski definition) is 2. The number of alkyl carbamates (subject to hydrolysis) is 2. The zero-order chi connectivity index (χ0) is 21.4. The summed E-state index contributed by atoms with van der Waals surface area (Å²) in [6.45, 7) is 10.3. The van der Waals surface area contributed by atoms with Gasteiger partial charge < -0.3 is 29.6 Å². The van der Waals surface area contributed by atoms with Crippen LogP contribution in [0.15, 0.2) is 25.3 Å². The molecule has 0 spiro atoms. The molecule has 2 N–H and O–H groups in total. The molecule has 0 bridgehead atoms. The largest absolute Gasteiger partial charge is 0.456 e. The van der Waals surface area contributed by atoms with Gasteiger partial charge in [0.1, 0.15) is 25.4 Å². The number of unbranched alkanes of at least 4 members (excludes halogenated alkanes) is 1. The highest BCUT2D eigenvalue weighted by molar-refractivity contribution is 5.81. The van der Waals surface area contributed by atoms with Crippen LogP contribution in [0.3, 0.4) is 0 Å². The molecule has 0 aromatic carbocycles. The lowest BCUT2D eigenvalue weighted by Gasteiger charge is -2.13. The van der Waals surface area contributed by atoms with Crippen LogP contribution in [0.2, 0.25) is 0 Å². The van der Waals surface area contributed by atoms with Crippen LogP contribution in [0.4, 0.5) is 9.59 Å². The van der Waals surface area contributed by atoms with Crippen molar-refractivity contribution < 1.29 is 38.1 Å². The number of carbonyl (C=O) groups is 4. The van der Waals surface area contributed by atoms with E-state index in [2.05, 4.69) is 23.8 Å². The molecular formula is C18H28N2O8. The Kier molecular flexibility index (Phi) is 13.4. The standard InChI is InChI=1S/C18H28N2O8/c1-5-15(21)27-13(3)11-25-17(23)19-9-7-8-10-20-18(24)26-12-14(4)28-16(22)6-2/h5-6,13-14H,1-2,7-12H2,3-4H3,(H,19,23)(H,20,24). The summed E-state index contributed by atoms with van der Waals surface area (Å²) >= 11 is 0. The lowest BCUT2D eigenvalue weighted by molar-refractivity contribution is -0.144. The minimum Gasteiger partial charge on any atom is -0.456 e. The minimum atomic E-state index is -0.628. The highest BCUT2D eigenvalue weighted by Crippen LogP contribution is 1.96. The summed E-state index contributed by atoms with van der Waals surface area (Å²) in [4.78, 5) is 44.8. The van der Waals surface area contributed by atoms with Crippen molar-refractivity contribution in [2.24, 2.45) is 0 Å². The molecule has 0 rings (SSSR count). The molecule has 0 aliphatic carbocycles. The van der Waals surface area contributed by atoms with E-state index in [-0.39, 0.29) is 13.2 Å². The van der Waals surface area contributed by atoms with E-state index in [1.165, 1.54) is 0 Å². The second-order valence-electron chi connectivity index (χ2n) is 5.66. The predicted octanol–water partition coefficient (Wildman–Crippen LogP) is 1.45. The number of nitrogens with one attached hydrogen (secondary N) is 2. The molecule has 0 radical (unpaired) electrons. The van der Waals surface area contributed by atoms with Crippen LogP contribution in [-0.2, 0) is 28.5 Å². The number of amides is 2. The highest BCUT2D eigenvalue weighted by atomic mass is 16.6. The third kappa shape index (κ3) is 14.2. The maximum absolute atomic E-state index is 11.5. The number of hydrogen-bond acceptors (Lipinski definition) is 8. The highest BCUT2D eigenvalue weighted by Gasteiger charge is 2.11. The van der Waals surface area contributed by atoms with E-state index in [0.29, 0.717) is 25.9 Å². The first-order valence-corrected chi connectivity index (χ1v) is 8.75. The molecular weight excluding hydrogens is 372 g/mol. The zero-order valence-electron chi connectivity index (χ0n) is 16.2. The first kappa shape index (κ1) is 25.0. The van der Waals surface area contributed by atoms with Crippen LogP contribution in [0, 0.1) is 0 Å². The van der Waals surface area contributed by atoms with Crippen molar-refractivity contribution in [1.29, 1.82) is 0 Å². The van der Waals surface area contributed by atoms with Crippen molar-refractivity contribution >= 4 is 24.1 Å². The maximum atomic E-state index is 11.5. The van der Waals surface area contributed by atoms with Crippen molar-refractivity contribution in [3.05, 3.63) is 25.3 Å². The second kappa shape index (κ2) is 15.1. The summed E-state index contributed by atoms with van der Waals surface area (Å²) in [6.07, 6.45) is 0.850. The van der Waals surface area contributed by atoms with Crippen LogP contribution < -0.4 is 10.6 Å². The zero-order valence-corrected chi connectivity index (χ0v) is 16.2. The molecule has 158 valence electrons. The van der Waals surface area contributed by atoms with Crippen molar-refractivity contribution in [2.75, 3.05) is 26.3 Å². The Morgan fingerprint density at radius 3 is 1.46 bits per heavy atom. The van der Waals surface area contributed by atoms with E-state index in [1.807, 2.05) is 0 Å². The third-order valence-electron chi connectivity index (χ3n) is 3.01. The van der Waals surface area contributed by atoms with E-state index in [4.69, 9.17) is 18.9 Å². The van der Waals surface area contributed by atoms with Gasteiger partial charge in [-0.3, -0.25) is 0 Å². The molecule has 28 heavy (non-hydrogen) atoms. The molecule has 0 aliphatic heterocycles. The van der Waals surface area contributed by atoms with Gasteiger partial charge in [0, 0.05) is 25.2 Å². The van der Waals surface area contributed by atoms with Gasteiger partial charge in [-0.05, 0) is 26.7 Å². The Balaban J connectivity index is 3.64. The monoisotopic (exact) mass is 400 g/mol. The van der Waals surface area contributed by atoms with Crippen molar-refractivity contribution in [1.82, 2.24) is 10.6 Å². The number of esters is 2. The van der Waals surface area contributed by atoms with Gasteiger partial charge in [-0.25, -0.2) is 19.2 Å². The van der Waals surface area contributed by atoms with Gasteiger partial charge >= 0.3 is 24.1 Å². The molecule has 0 aromatic rings. The average Bonchev–Trinajstić information content (AvgIpc) is 2.67. The Morgan fingerprint density at radius 2 is 1.14 bits per heavy atom. The molecule has 0 heterocycles. The van der Waals surface area contributed by atoms with E-state index in [1.54, 1.807) is 13.8 Å². The van der Waals surface area contributed by atoms with Crippen LogP contribution in [-0.4, -0.2) is 62.6 Å². The lowest BCUT2D eigenvalue weighted by Crippen LogP contribution is -2.31. The van der Waals surface area contributed by atoms with Gasteiger partial charge in [0.2, 0.25) is 0 Å². The average molecular weight is 400 g/mol. The fraction of sp³-hybridized carbons (Fsp3) is 0.556. The fourth-order valence-corrected chi connectivity index (χ4v) is 1.68. The fourth-order valence-electron chi connectivity index (χ4n) is 1.68. The molecule has 2 amide bonds. The maximum Gasteiger partial charge on any atom is 0.407 e. The Labute approximate surface area is 164 Å². The summed E-state index contributed by atoms with van der Waals surface area (Å²) in [5.74, 6) is -1.18. The minimum absolute atomic E-state index is 0.0701. The number of carbonyl (C=O) groups excluding carboxylic acids is 4. The van der Waals surface area contributed by atoms with E-state index in [0.717, 1.165) is 12.2 Å². The van der Waals surface area contributed by atoms with Crippen LogP contribution in [0.1, 0.15) is 26.7 Å². The molecule has 0 aliphatic rings. The van der Waals surface area contributed by atoms with Crippen LogP contribution in [0.25, 0.3) is 0 Å². The first-order valence-electron chi connectivity index (χ1n) is 8.75. The Hall–Kier alpha value is -3.04. The molecule has 2 atom stereocenters. The molecule has 2 unspecified atom stereocenters. The smallest absolute Gasteiger partial charge is 0.407 e. The summed E-state index contributed by atoms with van der Waals surface area (Å²) < 4.78 is 19.5. The molecule has 10 nitrogen and oxygen atoms in total. The molecule has 0 saturated heterocycles. The van der Waals surface area contributed by atoms with Gasteiger partial charge in [-0.15, -0.1) is 0 Å². The molecule has 10 heteroatoms. The molecule has 0 saturated carbocycles. The quantitative estimate of drug-likeness (QED) is 0.206. The lowest BCUT2D eigenvalue weighted by atomic mass is 10.3. The van der Waals surface area contributed by atoms with Crippen molar-refractivity contribution in [3.8, 4) is 0 Å². The summed E-state index contributed by atoms with van der Waals surface area (Å²) in [6, 6.07) is 0. The Bertz CT molecular complexity index is 502. The van der Waals surface area contributed by atoms with E-state index in [9.17, 15) is 19.2 Å². The summed E-state index contributed by atoms with van der Waals surface area (Å²) in [7, 11) is 0. The number of rotatable bonds is 13. The van der Waals surface area contributed by atoms with Gasteiger partial charge in [0.25, 0.3) is 0 Å². The van der Waals surface area contributed by atoms with Crippen LogP contribution >= 0.6 is 0 Å². The van der Waals surface area contributed by atoms with Gasteiger partial charge in [-0.1, -0.05) is 13.2 Å². The van der Waals surface area contributed by atoms with E-state index >= 15 is 0 Å². The van der Waals surface area contributed by atoms with E-state index < -0.39 is 36.3 Å². The number of ether oxygens (including phenoxy) is 4. The van der Waals surface area contributed by atoms with Crippen molar-refractivity contribution in [2.45, 2.75) is 38.9 Å². The van der Waals surface area contributed by atoms with Crippen molar-refractivity contribution in [3.63, 3.8) is 0 Å². The Morgan fingerprint density at radius 1 is 0.786 bits per heavy atom. The molecule has 0 fully saturated rings. The van der Waals surface area contributed by atoms with Crippen LogP contribution in [0.5, 0.6) is 0 Å². The second-order valence-corrected chi connectivity index (χ2v) is 5.66. The van der Waals surface area contributed by atoms with Gasteiger partial charge in [-0.2, -0.15) is 0 Å². The first-order chi connectivity index (χ1) is 13.3. The molecule has 0 aromatic heterocycles. The van der Waals surface area contributed by atoms with Gasteiger partial charge in [0.05, 0.1) is 0 Å². The summed E-state index contributed by atoms with van der Waals surface area (Å²) in [5.41, 5.74) is 0. The normalized spacial score (nSPS) is 11.9.